The van der Waals surface area contributed by atoms with E-state index in [1.54, 1.807) is 18.7 Å². The smallest absolute Gasteiger partial charge is 0.279 e. The standard InChI is InChI=1S/C16H16BrN3O3S/c1-20-14-13(15(22)19-16(20)24-3)9(7-12(21)18-14)8-4-5-11(23-2)10(17)6-8/h4-6,9H,7H2,1-3H3,(H,18,21)/t9-/m1/s1. The van der Waals surface area contributed by atoms with Gasteiger partial charge in [-0.25, -0.2) is 0 Å². The minimum absolute atomic E-state index is 0.118. The molecule has 1 aromatic heterocycles. The predicted molar refractivity (Wildman–Crippen MR) is 97.0 cm³/mol. The Bertz CT molecular complexity index is 882. The largest absolute Gasteiger partial charge is 0.496 e. The van der Waals surface area contributed by atoms with Gasteiger partial charge in [-0.05, 0) is 39.9 Å². The zero-order valence-corrected chi connectivity index (χ0v) is 15.8. The monoisotopic (exact) mass is 409 g/mol. The number of halogens is 1. The number of carbonyl (C=O) groups excluding carboxylic acids is 1. The van der Waals surface area contributed by atoms with Crippen LogP contribution in [0.2, 0.25) is 0 Å². The number of rotatable bonds is 3. The van der Waals surface area contributed by atoms with Gasteiger partial charge in [0.05, 0.1) is 17.1 Å². The molecule has 24 heavy (non-hydrogen) atoms. The summed E-state index contributed by atoms with van der Waals surface area (Å²) in [6, 6.07) is 5.58. The number of ether oxygens (including phenoxy) is 1. The molecule has 126 valence electrons. The first kappa shape index (κ1) is 17.0. The van der Waals surface area contributed by atoms with Gasteiger partial charge in [0.15, 0.2) is 5.16 Å². The second kappa shape index (κ2) is 6.60. The van der Waals surface area contributed by atoms with E-state index in [0.717, 1.165) is 10.0 Å². The van der Waals surface area contributed by atoms with Crippen LogP contribution in [-0.4, -0.2) is 28.8 Å². The minimum atomic E-state index is -0.335. The highest BCUT2D eigenvalue weighted by atomic mass is 79.9. The van der Waals surface area contributed by atoms with Crippen LogP contribution < -0.4 is 15.6 Å². The van der Waals surface area contributed by atoms with Crippen LogP contribution in [0.5, 0.6) is 5.75 Å². The molecule has 0 aliphatic carbocycles. The molecular formula is C16H16BrN3O3S. The maximum absolute atomic E-state index is 12.6. The van der Waals surface area contributed by atoms with Crippen molar-refractivity contribution in [3.05, 3.63) is 44.2 Å². The molecule has 0 saturated carbocycles. The lowest BCUT2D eigenvalue weighted by Gasteiger charge is -2.27. The number of fused-ring (bicyclic) bond motifs is 1. The van der Waals surface area contributed by atoms with Crippen molar-refractivity contribution in [3.63, 3.8) is 0 Å². The van der Waals surface area contributed by atoms with E-state index in [2.05, 4.69) is 26.2 Å². The SMILES string of the molecule is COc1ccc([C@H]2CC(=O)Nc3c2c(=O)nc(SC)n3C)cc1Br. The van der Waals surface area contributed by atoms with Crippen molar-refractivity contribution in [2.75, 3.05) is 18.7 Å². The third-order valence-electron chi connectivity index (χ3n) is 4.06. The van der Waals surface area contributed by atoms with Crippen LogP contribution in [-0.2, 0) is 11.8 Å². The van der Waals surface area contributed by atoms with Crippen molar-refractivity contribution in [1.82, 2.24) is 9.55 Å². The fourth-order valence-corrected chi connectivity index (χ4v) is 4.00. The Balaban J connectivity index is 2.19. The van der Waals surface area contributed by atoms with E-state index in [4.69, 9.17) is 4.74 Å². The van der Waals surface area contributed by atoms with Crippen LogP contribution in [0.25, 0.3) is 0 Å². The average Bonchev–Trinajstić information content (AvgIpc) is 2.57. The molecule has 6 nitrogen and oxygen atoms in total. The second-order valence-electron chi connectivity index (χ2n) is 5.42. The van der Waals surface area contributed by atoms with Crippen molar-refractivity contribution in [2.45, 2.75) is 17.5 Å². The molecule has 0 saturated heterocycles. The second-order valence-corrected chi connectivity index (χ2v) is 7.05. The van der Waals surface area contributed by atoms with Crippen LogP contribution in [0.15, 0.2) is 32.6 Å². The van der Waals surface area contributed by atoms with Gasteiger partial charge in [0, 0.05) is 19.4 Å². The molecule has 2 heterocycles. The van der Waals surface area contributed by atoms with Crippen LogP contribution >= 0.6 is 27.7 Å². The number of nitrogens with zero attached hydrogens (tertiary/aromatic N) is 2. The Morgan fingerprint density at radius 1 is 1.42 bits per heavy atom. The summed E-state index contributed by atoms with van der Waals surface area (Å²) < 4.78 is 7.78. The molecule has 1 atom stereocenters. The Hall–Kier alpha value is -1.80. The third kappa shape index (κ3) is 2.84. The van der Waals surface area contributed by atoms with E-state index >= 15 is 0 Å². The predicted octanol–water partition coefficient (Wildman–Crippen LogP) is 2.75. The molecular weight excluding hydrogens is 394 g/mol. The van der Waals surface area contributed by atoms with Gasteiger partial charge in [0.25, 0.3) is 5.56 Å². The molecule has 0 spiro atoms. The number of aromatic nitrogens is 2. The summed E-state index contributed by atoms with van der Waals surface area (Å²) in [5, 5.41) is 3.38. The zero-order valence-electron chi connectivity index (χ0n) is 13.4. The Morgan fingerprint density at radius 2 is 2.17 bits per heavy atom. The molecule has 8 heteroatoms. The van der Waals surface area contributed by atoms with Crippen LogP contribution in [0.3, 0.4) is 0 Å². The highest BCUT2D eigenvalue weighted by molar-refractivity contribution is 9.10. The highest BCUT2D eigenvalue weighted by Gasteiger charge is 2.32. The maximum atomic E-state index is 12.6. The molecule has 2 aromatic rings. The van der Waals surface area contributed by atoms with Gasteiger partial charge in [-0.3, -0.25) is 9.59 Å². The number of hydrogen-bond donors (Lipinski definition) is 1. The lowest BCUT2D eigenvalue weighted by molar-refractivity contribution is -0.116. The number of carbonyl (C=O) groups is 1. The number of benzene rings is 1. The van der Waals surface area contributed by atoms with E-state index in [1.807, 2.05) is 24.5 Å². The molecule has 0 radical (unpaired) electrons. The number of amides is 1. The summed E-state index contributed by atoms with van der Waals surface area (Å²) in [7, 11) is 3.39. The van der Waals surface area contributed by atoms with Crippen LogP contribution in [0, 0.1) is 0 Å². The van der Waals surface area contributed by atoms with Gasteiger partial charge in [-0.2, -0.15) is 4.98 Å². The normalized spacial score (nSPS) is 16.5. The first-order chi connectivity index (χ1) is 11.5. The third-order valence-corrected chi connectivity index (χ3v) is 5.41. The molecule has 1 aromatic carbocycles. The molecule has 0 fully saturated rings. The summed E-state index contributed by atoms with van der Waals surface area (Å²) >= 11 is 4.82. The molecule has 0 bridgehead atoms. The van der Waals surface area contributed by atoms with Crippen LogP contribution in [0.1, 0.15) is 23.5 Å². The fourth-order valence-electron chi connectivity index (χ4n) is 2.90. The van der Waals surface area contributed by atoms with Gasteiger partial charge in [0.1, 0.15) is 11.6 Å². The Morgan fingerprint density at radius 3 is 2.79 bits per heavy atom. The Labute approximate surface area is 151 Å². The van der Waals surface area contributed by atoms with Crippen molar-refractivity contribution < 1.29 is 9.53 Å². The van der Waals surface area contributed by atoms with Gasteiger partial charge in [0.2, 0.25) is 5.91 Å². The first-order valence-corrected chi connectivity index (χ1v) is 9.26. The van der Waals surface area contributed by atoms with E-state index in [-0.39, 0.29) is 23.8 Å². The topological polar surface area (TPSA) is 73.2 Å². The quantitative estimate of drug-likeness (QED) is 0.623. The van der Waals surface area contributed by atoms with E-state index in [1.165, 1.54) is 11.8 Å². The molecule has 1 aliphatic heterocycles. The minimum Gasteiger partial charge on any atom is -0.496 e. The average molecular weight is 410 g/mol. The van der Waals surface area contributed by atoms with Crippen molar-refractivity contribution in [3.8, 4) is 5.75 Å². The van der Waals surface area contributed by atoms with Crippen molar-refractivity contribution in [1.29, 1.82) is 0 Å². The van der Waals surface area contributed by atoms with Gasteiger partial charge >= 0.3 is 0 Å². The lowest BCUT2D eigenvalue weighted by Crippen LogP contribution is -2.33. The summed E-state index contributed by atoms with van der Waals surface area (Å²) in [5.74, 6) is 0.765. The maximum Gasteiger partial charge on any atom is 0.279 e. The first-order valence-electron chi connectivity index (χ1n) is 7.24. The number of thioether (sulfide) groups is 1. The molecule has 3 rings (SSSR count). The number of anilines is 1. The van der Waals surface area contributed by atoms with Crippen LogP contribution in [0.4, 0.5) is 5.82 Å². The highest BCUT2D eigenvalue weighted by Crippen LogP contribution is 2.38. The summed E-state index contributed by atoms with van der Waals surface area (Å²) in [6.45, 7) is 0. The number of nitrogens with one attached hydrogen (secondary N) is 1. The van der Waals surface area contributed by atoms with Gasteiger partial charge < -0.3 is 14.6 Å². The van der Waals surface area contributed by atoms with E-state index in [9.17, 15) is 9.59 Å². The number of hydrogen-bond acceptors (Lipinski definition) is 5. The molecule has 1 amide bonds. The molecule has 1 N–H and O–H groups in total. The Kier molecular flexibility index (Phi) is 4.69. The van der Waals surface area contributed by atoms with Crippen molar-refractivity contribution in [2.24, 2.45) is 7.05 Å². The fraction of sp³-hybridized carbons (Fsp3) is 0.312. The summed E-state index contributed by atoms with van der Waals surface area (Å²) in [4.78, 5) is 28.9. The molecule has 1 aliphatic rings. The summed E-state index contributed by atoms with van der Waals surface area (Å²) in [6.07, 6.45) is 2.05. The van der Waals surface area contributed by atoms with Gasteiger partial charge in [-0.1, -0.05) is 17.8 Å². The van der Waals surface area contributed by atoms with E-state index < -0.39 is 0 Å². The number of methoxy groups -OCH3 is 1. The summed E-state index contributed by atoms with van der Waals surface area (Å²) in [5.41, 5.74) is 1.09. The van der Waals surface area contributed by atoms with Crippen molar-refractivity contribution >= 4 is 39.4 Å². The molecule has 0 unspecified atom stereocenters. The lowest BCUT2D eigenvalue weighted by atomic mass is 9.87. The zero-order chi connectivity index (χ0) is 17.4. The van der Waals surface area contributed by atoms with E-state index in [0.29, 0.717) is 22.3 Å². The van der Waals surface area contributed by atoms with Gasteiger partial charge in [-0.15, -0.1) is 0 Å².